The molecule has 1 rings (SSSR count). The van der Waals surface area contributed by atoms with Crippen LogP contribution in [-0.4, -0.2) is 66.5 Å². The summed E-state index contributed by atoms with van der Waals surface area (Å²) in [5.41, 5.74) is -0.529. The zero-order valence-corrected chi connectivity index (χ0v) is 13.4. The molecular weight excluding hydrogens is 274 g/mol. The molecule has 1 fully saturated rings. The molecule has 0 saturated carbocycles. The monoisotopic (exact) mass is 299 g/mol. The summed E-state index contributed by atoms with van der Waals surface area (Å²) in [6.07, 6.45) is 0.786. The van der Waals surface area contributed by atoms with E-state index in [2.05, 4.69) is 5.32 Å². The number of hydrogen-bond acceptors (Lipinski definition) is 4. The third-order valence-corrected chi connectivity index (χ3v) is 3.09. The third-order valence-electron chi connectivity index (χ3n) is 3.09. The lowest BCUT2D eigenvalue weighted by molar-refractivity contribution is -0.151. The Balaban J connectivity index is 2.41. The summed E-state index contributed by atoms with van der Waals surface area (Å²) >= 11 is 0. The van der Waals surface area contributed by atoms with E-state index < -0.39 is 23.5 Å². The van der Waals surface area contributed by atoms with Gasteiger partial charge in [0.15, 0.2) is 0 Å². The molecule has 1 N–H and O–H groups in total. The van der Waals surface area contributed by atoms with Gasteiger partial charge in [0, 0.05) is 33.2 Å². The van der Waals surface area contributed by atoms with Crippen LogP contribution in [0.4, 0.5) is 4.79 Å². The molecule has 0 bridgehead atoms. The van der Waals surface area contributed by atoms with E-state index in [9.17, 15) is 14.4 Å². The Morgan fingerprint density at radius 3 is 2.10 bits per heavy atom. The highest BCUT2D eigenvalue weighted by atomic mass is 16.6. The standard InChI is InChI=1S/C14H25N3O4/c1-14(2,3)21-13(20)15-10-6-8-17(9-7-10)12(19)11(18)16(4)5/h10H,6-9H2,1-5H3,(H,15,20). The minimum atomic E-state index is -0.529. The molecule has 0 atom stereocenters. The number of alkyl carbamates (subject to hydrolysis) is 1. The second-order valence-electron chi connectivity index (χ2n) is 6.41. The van der Waals surface area contributed by atoms with Gasteiger partial charge < -0.3 is 19.9 Å². The molecule has 21 heavy (non-hydrogen) atoms. The molecule has 1 aliphatic rings. The first-order valence-electron chi connectivity index (χ1n) is 7.10. The quantitative estimate of drug-likeness (QED) is 0.719. The lowest BCUT2D eigenvalue weighted by atomic mass is 10.1. The highest BCUT2D eigenvalue weighted by Crippen LogP contribution is 2.13. The summed E-state index contributed by atoms with van der Waals surface area (Å²) in [7, 11) is 3.11. The van der Waals surface area contributed by atoms with Crippen LogP contribution >= 0.6 is 0 Å². The number of rotatable bonds is 1. The predicted octanol–water partition coefficient (Wildman–Crippen LogP) is 0.590. The summed E-state index contributed by atoms with van der Waals surface area (Å²) in [5, 5.41) is 2.79. The highest BCUT2D eigenvalue weighted by Gasteiger charge is 2.29. The van der Waals surface area contributed by atoms with Crippen LogP contribution in [0.15, 0.2) is 0 Å². The fraction of sp³-hybridized carbons (Fsp3) is 0.786. The van der Waals surface area contributed by atoms with E-state index >= 15 is 0 Å². The molecule has 7 nitrogen and oxygen atoms in total. The van der Waals surface area contributed by atoms with Crippen molar-refractivity contribution in [3.05, 3.63) is 0 Å². The third kappa shape index (κ3) is 5.61. The number of nitrogens with zero attached hydrogens (tertiary/aromatic N) is 2. The van der Waals surface area contributed by atoms with Gasteiger partial charge in [-0.1, -0.05) is 0 Å². The van der Waals surface area contributed by atoms with Crippen LogP contribution in [0, 0.1) is 0 Å². The van der Waals surface area contributed by atoms with E-state index in [4.69, 9.17) is 4.74 Å². The Hall–Kier alpha value is -1.79. The number of carbonyl (C=O) groups excluding carboxylic acids is 3. The maximum atomic E-state index is 11.9. The fourth-order valence-corrected chi connectivity index (χ4v) is 2.03. The minimum absolute atomic E-state index is 0.0293. The Kier molecular flexibility index (Phi) is 5.57. The lowest BCUT2D eigenvalue weighted by Crippen LogP contribution is -2.50. The highest BCUT2D eigenvalue weighted by molar-refractivity contribution is 6.34. The number of nitrogens with one attached hydrogen (secondary N) is 1. The van der Waals surface area contributed by atoms with E-state index in [0.717, 1.165) is 0 Å². The summed E-state index contributed by atoms with van der Waals surface area (Å²) in [5.74, 6) is -1.01. The van der Waals surface area contributed by atoms with Crippen LogP contribution < -0.4 is 5.32 Å². The average molecular weight is 299 g/mol. The SMILES string of the molecule is CN(C)C(=O)C(=O)N1CCC(NC(=O)OC(C)(C)C)CC1. The van der Waals surface area contributed by atoms with Crippen molar-refractivity contribution in [3.63, 3.8) is 0 Å². The molecule has 7 heteroatoms. The molecule has 3 amide bonds. The number of likely N-dealkylation sites (tertiary alicyclic amines) is 1. The van der Waals surface area contributed by atoms with Crippen molar-refractivity contribution in [1.82, 2.24) is 15.1 Å². The molecule has 0 radical (unpaired) electrons. The van der Waals surface area contributed by atoms with Crippen molar-refractivity contribution in [2.75, 3.05) is 27.2 Å². The van der Waals surface area contributed by atoms with Gasteiger partial charge in [-0.05, 0) is 33.6 Å². The number of hydrogen-bond donors (Lipinski definition) is 1. The summed E-state index contributed by atoms with van der Waals surface area (Å²) in [6.45, 7) is 6.33. The van der Waals surface area contributed by atoms with Gasteiger partial charge in [0.05, 0.1) is 0 Å². The second-order valence-corrected chi connectivity index (χ2v) is 6.41. The number of piperidine rings is 1. The molecule has 0 spiro atoms. The van der Waals surface area contributed by atoms with Crippen molar-refractivity contribution in [1.29, 1.82) is 0 Å². The number of likely N-dealkylation sites (N-methyl/N-ethyl adjacent to an activating group) is 1. The Bertz CT molecular complexity index is 407. The maximum absolute atomic E-state index is 11.9. The van der Waals surface area contributed by atoms with Gasteiger partial charge in [-0.2, -0.15) is 0 Å². The van der Waals surface area contributed by atoms with Crippen molar-refractivity contribution < 1.29 is 19.1 Å². The first kappa shape index (κ1) is 17.3. The Labute approximate surface area is 125 Å². The topological polar surface area (TPSA) is 79.0 Å². The van der Waals surface area contributed by atoms with Gasteiger partial charge in [-0.25, -0.2) is 4.79 Å². The molecule has 1 aliphatic heterocycles. The Morgan fingerprint density at radius 2 is 1.67 bits per heavy atom. The normalized spacial score (nSPS) is 16.3. The predicted molar refractivity (Wildman–Crippen MR) is 77.7 cm³/mol. The average Bonchev–Trinajstić information content (AvgIpc) is 2.35. The van der Waals surface area contributed by atoms with Crippen LogP contribution in [0.1, 0.15) is 33.6 Å². The van der Waals surface area contributed by atoms with Crippen LogP contribution in [0.2, 0.25) is 0 Å². The molecular formula is C14H25N3O4. The van der Waals surface area contributed by atoms with Gasteiger partial charge in [-0.3, -0.25) is 9.59 Å². The summed E-state index contributed by atoms with van der Waals surface area (Å²) in [6, 6.07) is -0.0293. The molecule has 1 heterocycles. The molecule has 0 unspecified atom stereocenters. The first-order chi connectivity index (χ1) is 9.60. The molecule has 1 saturated heterocycles. The summed E-state index contributed by atoms with van der Waals surface area (Å²) < 4.78 is 5.19. The van der Waals surface area contributed by atoms with Crippen molar-refractivity contribution in [3.8, 4) is 0 Å². The van der Waals surface area contributed by atoms with Crippen molar-refractivity contribution in [2.24, 2.45) is 0 Å². The summed E-state index contributed by atoms with van der Waals surface area (Å²) in [4.78, 5) is 37.9. The van der Waals surface area contributed by atoms with Crippen LogP contribution in [0.3, 0.4) is 0 Å². The van der Waals surface area contributed by atoms with Gasteiger partial charge in [0.25, 0.3) is 0 Å². The first-order valence-corrected chi connectivity index (χ1v) is 7.10. The van der Waals surface area contributed by atoms with Crippen LogP contribution in [0.5, 0.6) is 0 Å². The minimum Gasteiger partial charge on any atom is -0.444 e. The molecule has 0 aromatic carbocycles. The van der Waals surface area contributed by atoms with E-state index in [1.54, 1.807) is 34.9 Å². The second kappa shape index (κ2) is 6.78. The van der Waals surface area contributed by atoms with E-state index in [-0.39, 0.29) is 6.04 Å². The zero-order chi connectivity index (χ0) is 16.2. The number of carbonyl (C=O) groups is 3. The molecule has 120 valence electrons. The molecule has 0 aromatic rings. The van der Waals surface area contributed by atoms with Gasteiger partial charge in [-0.15, -0.1) is 0 Å². The van der Waals surface area contributed by atoms with E-state index in [0.29, 0.717) is 25.9 Å². The van der Waals surface area contributed by atoms with Crippen molar-refractivity contribution >= 4 is 17.9 Å². The van der Waals surface area contributed by atoms with E-state index in [1.165, 1.54) is 9.80 Å². The van der Waals surface area contributed by atoms with Gasteiger partial charge >= 0.3 is 17.9 Å². The number of amides is 3. The van der Waals surface area contributed by atoms with E-state index in [1.807, 2.05) is 0 Å². The Morgan fingerprint density at radius 1 is 1.14 bits per heavy atom. The van der Waals surface area contributed by atoms with Gasteiger partial charge in [0.1, 0.15) is 5.60 Å². The molecule has 0 aliphatic carbocycles. The number of ether oxygens (including phenoxy) is 1. The van der Waals surface area contributed by atoms with Crippen LogP contribution in [0.25, 0.3) is 0 Å². The van der Waals surface area contributed by atoms with Crippen molar-refractivity contribution in [2.45, 2.75) is 45.3 Å². The smallest absolute Gasteiger partial charge is 0.407 e. The van der Waals surface area contributed by atoms with Crippen LogP contribution in [-0.2, 0) is 14.3 Å². The lowest BCUT2D eigenvalue weighted by Gasteiger charge is -2.32. The van der Waals surface area contributed by atoms with Gasteiger partial charge in [0.2, 0.25) is 0 Å². The maximum Gasteiger partial charge on any atom is 0.407 e. The molecule has 0 aromatic heterocycles. The fourth-order valence-electron chi connectivity index (χ4n) is 2.03. The largest absolute Gasteiger partial charge is 0.444 e. The zero-order valence-electron chi connectivity index (χ0n) is 13.4.